The van der Waals surface area contributed by atoms with E-state index in [1.807, 2.05) is 0 Å². The molecule has 33 heavy (non-hydrogen) atoms. The summed E-state index contributed by atoms with van der Waals surface area (Å²) in [6.07, 6.45) is 3.66. The molecule has 3 heterocycles. The number of nitrogens with zero attached hydrogens (tertiary/aromatic N) is 2. The van der Waals surface area contributed by atoms with Crippen LogP contribution in [0.2, 0.25) is 0 Å². The van der Waals surface area contributed by atoms with Gasteiger partial charge in [0, 0.05) is 48.8 Å². The minimum Gasteiger partial charge on any atom is -0.466 e. The fourth-order valence-electron chi connectivity index (χ4n) is 2.75. The van der Waals surface area contributed by atoms with E-state index in [4.69, 9.17) is 9.15 Å². The number of hydrogen-bond acceptors (Lipinski definition) is 9. The molecule has 3 aromatic heterocycles. The van der Waals surface area contributed by atoms with Crippen LogP contribution in [0.25, 0.3) is 11.3 Å². The van der Waals surface area contributed by atoms with Crippen LogP contribution >= 0.6 is 0 Å². The number of carbonyl (C=O) groups is 2. The lowest BCUT2D eigenvalue weighted by Crippen LogP contribution is -2.13. The van der Waals surface area contributed by atoms with Crippen LogP contribution in [-0.2, 0) is 30.9 Å². The van der Waals surface area contributed by atoms with Crippen molar-refractivity contribution in [2.45, 2.75) is 11.6 Å². The van der Waals surface area contributed by atoms with Crippen molar-refractivity contribution < 1.29 is 40.7 Å². The van der Waals surface area contributed by atoms with Gasteiger partial charge in [0.2, 0.25) is 11.0 Å². The van der Waals surface area contributed by atoms with E-state index in [0.29, 0.717) is 3.97 Å². The molecule has 0 radical (unpaired) electrons. The van der Waals surface area contributed by atoms with Crippen molar-refractivity contribution in [2.75, 3.05) is 14.2 Å². The molecule has 0 aromatic carbocycles. The molecule has 0 spiro atoms. The molecule has 0 fully saturated rings. The Morgan fingerprint density at radius 2 is 1.94 bits per heavy atom. The van der Waals surface area contributed by atoms with Gasteiger partial charge in [-0.2, -0.15) is 12.8 Å². The summed E-state index contributed by atoms with van der Waals surface area (Å²) in [7, 11) is -1.96. The van der Waals surface area contributed by atoms with Gasteiger partial charge in [0.15, 0.2) is 5.82 Å². The minimum atomic E-state index is -4.59. The maximum absolute atomic E-state index is 15.1. The van der Waals surface area contributed by atoms with Gasteiger partial charge < -0.3 is 19.2 Å². The second-order valence-electron chi connectivity index (χ2n) is 6.34. The Morgan fingerprint density at radius 3 is 2.61 bits per heavy atom. The molecule has 3 aromatic rings. The summed E-state index contributed by atoms with van der Waals surface area (Å²) in [5.74, 6) is -4.40. The third-order valence-corrected chi connectivity index (χ3v) is 5.73. The second kappa shape index (κ2) is 9.75. The van der Waals surface area contributed by atoms with Gasteiger partial charge in [0.25, 0.3) is 5.95 Å². The van der Waals surface area contributed by atoms with Crippen LogP contribution in [0, 0.1) is 11.8 Å². The molecular formula is C20H17F2N3O7S. The van der Waals surface area contributed by atoms with Crippen molar-refractivity contribution in [3.8, 4) is 17.2 Å². The lowest BCUT2D eigenvalue weighted by Gasteiger charge is -2.09. The Kier molecular flexibility index (Phi) is 7.04. The van der Waals surface area contributed by atoms with Crippen molar-refractivity contribution in [3.63, 3.8) is 0 Å². The average molecular weight is 481 g/mol. The third kappa shape index (κ3) is 4.99. The fraction of sp³-hybridized carbons (Fsp3) is 0.150. The zero-order chi connectivity index (χ0) is 24.2. The molecule has 3 rings (SSSR count). The predicted molar refractivity (Wildman–Crippen MR) is 108 cm³/mol. The van der Waals surface area contributed by atoms with E-state index in [-0.39, 0.29) is 17.7 Å². The van der Waals surface area contributed by atoms with Crippen molar-refractivity contribution >= 4 is 22.0 Å². The Morgan fingerprint density at radius 1 is 1.21 bits per heavy atom. The number of carbonyl (C=O) groups excluding carboxylic acids is 2. The predicted octanol–water partition coefficient (Wildman–Crippen LogP) is 2.01. The lowest BCUT2D eigenvalue weighted by atomic mass is 10.2. The zero-order valence-electron chi connectivity index (χ0n) is 17.2. The van der Waals surface area contributed by atoms with Crippen LogP contribution < -0.4 is 10.1 Å². The molecule has 0 saturated carbocycles. The highest BCUT2D eigenvalue weighted by atomic mass is 32.2. The lowest BCUT2D eigenvalue weighted by molar-refractivity contribution is -0.136. The molecule has 174 valence electrons. The number of esters is 2. The van der Waals surface area contributed by atoms with E-state index >= 15 is 4.39 Å². The summed E-state index contributed by atoms with van der Waals surface area (Å²) in [6, 6.07) is 4.52. The molecule has 0 aliphatic rings. The molecule has 0 aliphatic heterocycles. The van der Waals surface area contributed by atoms with Crippen molar-refractivity contribution in [1.29, 1.82) is 0 Å². The summed E-state index contributed by atoms with van der Waals surface area (Å²) < 4.78 is 70.5. The van der Waals surface area contributed by atoms with Gasteiger partial charge in [-0.15, -0.1) is 0 Å². The SMILES string of the molecule is CNCc1cn(S(=O)(=O)c2ccc(OC(=O)/C=C/C(=O)OC)o2)c(-c2cccnc2F)c1F. The molecule has 13 heteroatoms. The fourth-order valence-corrected chi connectivity index (χ4v) is 4.05. The number of aromatic nitrogens is 2. The van der Waals surface area contributed by atoms with Gasteiger partial charge in [0.05, 0.1) is 12.7 Å². The standard InChI is InChI=1S/C20H17F2N3O7S/c1-23-10-12-11-25(19(18(12)21)13-4-3-9-24-20(13)22)33(28,29)17-8-7-16(32-17)31-15(27)6-5-14(26)30-2/h3-9,11,23H,10H2,1-2H3/b6-5+. The first-order valence-electron chi connectivity index (χ1n) is 9.17. The van der Waals surface area contributed by atoms with Crippen LogP contribution in [0.15, 0.2) is 58.3 Å². The van der Waals surface area contributed by atoms with E-state index in [1.165, 1.54) is 19.2 Å². The largest absolute Gasteiger partial charge is 0.466 e. The van der Waals surface area contributed by atoms with Crippen LogP contribution in [0.4, 0.5) is 8.78 Å². The van der Waals surface area contributed by atoms with Gasteiger partial charge in [0.1, 0.15) is 5.69 Å². The molecule has 0 amide bonds. The molecule has 10 nitrogen and oxygen atoms in total. The summed E-state index contributed by atoms with van der Waals surface area (Å²) in [5.41, 5.74) is -1.01. The van der Waals surface area contributed by atoms with Gasteiger partial charge in [-0.3, -0.25) is 0 Å². The highest BCUT2D eigenvalue weighted by Gasteiger charge is 2.30. The number of ether oxygens (including phenoxy) is 2. The molecule has 0 aliphatic carbocycles. The maximum Gasteiger partial charge on any atom is 0.338 e. The highest BCUT2D eigenvalue weighted by Crippen LogP contribution is 2.33. The number of furan rings is 1. The number of hydrogen-bond donors (Lipinski definition) is 1. The van der Waals surface area contributed by atoms with Crippen LogP contribution in [0.3, 0.4) is 0 Å². The molecule has 0 saturated heterocycles. The molecule has 0 bridgehead atoms. The quantitative estimate of drug-likeness (QED) is 0.292. The average Bonchev–Trinajstić information content (AvgIpc) is 3.38. The molecule has 0 atom stereocenters. The minimum absolute atomic E-state index is 0.0449. The van der Waals surface area contributed by atoms with E-state index in [9.17, 15) is 22.4 Å². The van der Waals surface area contributed by atoms with Crippen molar-refractivity contribution in [1.82, 2.24) is 14.3 Å². The first-order chi connectivity index (χ1) is 15.7. The smallest absolute Gasteiger partial charge is 0.338 e. The van der Waals surface area contributed by atoms with E-state index in [0.717, 1.165) is 43.8 Å². The van der Waals surface area contributed by atoms with E-state index < -0.39 is 50.5 Å². The Balaban J connectivity index is 2.01. The van der Waals surface area contributed by atoms with Crippen molar-refractivity contribution in [3.05, 3.63) is 66.1 Å². The van der Waals surface area contributed by atoms with E-state index in [2.05, 4.69) is 15.0 Å². The summed E-state index contributed by atoms with van der Waals surface area (Å²) in [6.45, 7) is -0.0449. The summed E-state index contributed by atoms with van der Waals surface area (Å²) in [5, 5.41) is 1.99. The molecule has 0 unspecified atom stereocenters. The normalized spacial score (nSPS) is 11.6. The van der Waals surface area contributed by atoms with Crippen LogP contribution in [0.1, 0.15) is 5.56 Å². The third-order valence-electron chi connectivity index (χ3n) is 4.19. The number of halogens is 2. The monoisotopic (exact) mass is 481 g/mol. The molecule has 1 N–H and O–H groups in total. The highest BCUT2D eigenvalue weighted by molar-refractivity contribution is 7.89. The molecular weight excluding hydrogens is 464 g/mol. The second-order valence-corrected chi connectivity index (χ2v) is 8.09. The van der Waals surface area contributed by atoms with Gasteiger partial charge in [-0.25, -0.2) is 22.9 Å². The number of rotatable bonds is 8. The van der Waals surface area contributed by atoms with Gasteiger partial charge in [-0.1, -0.05) is 0 Å². The first kappa shape index (κ1) is 23.8. The Bertz CT molecular complexity index is 1330. The Hall–Kier alpha value is -3.84. The maximum atomic E-state index is 15.1. The van der Waals surface area contributed by atoms with Gasteiger partial charge in [-0.05, 0) is 19.2 Å². The van der Waals surface area contributed by atoms with Crippen LogP contribution in [0.5, 0.6) is 5.95 Å². The first-order valence-corrected chi connectivity index (χ1v) is 10.6. The zero-order valence-corrected chi connectivity index (χ0v) is 18.1. The Labute approximate surface area is 186 Å². The number of methoxy groups -OCH3 is 1. The van der Waals surface area contributed by atoms with Crippen LogP contribution in [-0.4, -0.2) is 43.5 Å². The topological polar surface area (TPSA) is 130 Å². The summed E-state index contributed by atoms with van der Waals surface area (Å²) in [4.78, 5) is 26.2. The van der Waals surface area contributed by atoms with Crippen molar-refractivity contribution in [2.24, 2.45) is 0 Å². The van der Waals surface area contributed by atoms with E-state index in [1.54, 1.807) is 0 Å². The summed E-state index contributed by atoms with van der Waals surface area (Å²) >= 11 is 0. The van der Waals surface area contributed by atoms with Gasteiger partial charge >= 0.3 is 22.0 Å². The number of nitrogens with one attached hydrogen (secondary N) is 1. The number of pyridine rings is 1.